The van der Waals surface area contributed by atoms with Crippen LogP contribution in [0.25, 0.3) is 10.2 Å². The van der Waals surface area contributed by atoms with Gasteiger partial charge in [-0.1, -0.05) is 13.8 Å². The molecule has 1 N–H and O–H groups in total. The number of benzene rings is 1. The Hall–Kier alpha value is -2.49. The number of nitrogens with zero attached hydrogens (tertiary/aromatic N) is 2. The van der Waals surface area contributed by atoms with E-state index in [9.17, 15) is 13.2 Å². The molecule has 1 aromatic carbocycles. The van der Waals surface area contributed by atoms with E-state index in [0.29, 0.717) is 29.4 Å². The van der Waals surface area contributed by atoms with Gasteiger partial charge in [-0.2, -0.15) is 4.31 Å². The number of pyridine rings is 1. The highest BCUT2D eigenvalue weighted by Gasteiger charge is 2.25. The van der Waals surface area contributed by atoms with Gasteiger partial charge in [-0.15, -0.1) is 11.3 Å². The number of thiophene rings is 1. The van der Waals surface area contributed by atoms with E-state index >= 15 is 0 Å². The molecule has 0 aliphatic carbocycles. The van der Waals surface area contributed by atoms with Crippen LogP contribution in [0.1, 0.15) is 54.2 Å². The molecule has 178 valence electrons. The van der Waals surface area contributed by atoms with Crippen molar-refractivity contribution in [3.63, 3.8) is 0 Å². The molecule has 2 aromatic heterocycles. The first-order valence-electron chi connectivity index (χ1n) is 11.0. The lowest BCUT2D eigenvalue weighted by molar-refractivity contribution is 0.102. The van der Waals surface area contributed by atoms with Gasteiger partial charge in [0.05, 0.1) is 21.6 Å². The van der Waals surface area contributed by atoms with Crippen molar-refractivity contribution in [2.75, 3.05) is 18.4 Å². The molecule has 0 bridgehead atoms. The number of hydrogen-bond acceptors (Lipinski definition) is 6. The zero-order valence-electron chi connectivity index (χ0n) is 20.1. The van der Waals surface area contributed by atoms with Crippen LogP contribution in [0.5, 0.6) is 5.75 Å². The lowest BCUT2D eigenvalue weighted by atomic mass is 10.1. The summed E-state index contributed by atoms with van der Waals surface area (Å²) in [6.07, 6.45) is -0.147. The number of anilines is 1. The third kappa shape index (κ3) is 5.05. The highest BCUT2D eigenvalue weighted by atomic mass is 32.2. The minimum Gasteiger partial charge on any atom is -0.489 e. The van der Waals surface area contributed by atoms with E-state index in [0.717, 1.165) is 27.0 Å². The summed E-state index contributed by atoms with van der Waals surface area (Å²) in [5.41, 5.74) is 3.15. The molecule has 0 saturated heterocycles. The van der Waals surface area contributed by atoms with Gasteiger partial charge in [0.2, 0.25) is 10.0 Å². The number of amides is 1. The van der Waals surface area contributed by atoms with Crippen molar-refractivity contribution in [1.29, 1.82) is 0 Å². The smallest absolute Gasteiger partial charge is 0.266 e. The van der Waals surface area contributed by atoms with E-state index in [1.54, 1.807) is 19.9 Å². The van der Waals surface area contributed by atoms with Crippen molar-refractivity contribution < 1.29 is 17.9 Å². The number of hydrogen-bond donors (Lipinski definition) is 1. The summed E-state index contributed by atoms with van der Waals surface area (Å²) in [6.45, 7) is 13.9. The van der Waals surface area contributed by atoms with E-state index in [4.69, 9.17) is 4.74 Å². The van der Waals surface area contributed by atoms with Gasteiger partial charge in [0.25, 0.3) is 5.91 Å². The van der Waals surface area contributed by atoms with Gasteiger partial charge in [-0.25, -0.2) is 13.4 Å². The van der Waals surface area contributed by atoms with Gasteiger partial charge in [-0.05, 0) is 70.0 Å². The summed E-state index contributed by atoms with van der Waals surface area (Å²) >= 11 is 1.33. The molecule has 0 saturated carbocycles. The van der Waals surface area contributed by atoms with E-state index in [-0.39, 0.29) is 16.9 Å². The molecule has 33 heavy (non-hydrogen) atoms. The quantitative estimate of drug-likeness (QED) is 0.464. The van der Waals surface area contributed by atoms with Crippen LogP contribution in [-0.2, 0) is 10.0 Å². The number of carbonyl (C=O) groups excluding carboxylic acids is 1. The number of sulfonamides is 1. The summed E-state index contributed by atoms with van der Waals surface area (Å²) in [4.78, 5) is 19.3. The van der Waals surface area contributed by atoms with Gasteiger partial charge in [0.15, 0.2) is 0 Å². The third-order valence-corrected chi connectivity index (χ3v) is 8.57. The molecular formula is C24H31N3O4S2. The molecule has 0 unspecified atom stereocenters. The van der Waals surface area contributed by atoms with Crippen LogP contribution >= 0.6 is 11.3 Å². The number of aromatic nitrogens is 1. The number of aryl methyl sites for hydroxylation is 3. The predicted molar refractivity (Wildman–Crippen MR) is 134 cm³/mol. The molecule has 2 heterocycles. The summed E-state index contributed by atoms with van der Waals surface area (Å²) in [6, 6.07) is 6.58. The minimum atomic E-state index is -3.69. The molecule has 0 atom stereocenters. The van der Waals surface area contributed by atoms with Crippen LogP contribution < -0.4 is 10.1 Å². The fourth-order valence-corrected chi connectivity index (χ4v) is 6.53. The highest BCUT2D eigenvalue weighted by Crippen LogP contribution is 2.35. The molecule has 9 heteroatoms. The van der Waals surface area contributed by atoms with E-state index in [2.05, 4.69) is 10.3 Å². The summed E-state index contributed by atoms with van der Waals surface area (Å²) in [7, 11) is -3.69. The Kier molecular flexibility index (Phi) is 7.45. The van der Waals surface area contributed by atoms with Crippen molar-refractivity contribution in [3.05, 3.63) is 46.0 Å². The Morgan fingerprint density at radius 1 is 1.15 bits per heavy atom. The zero-order chi connectivity index (χ0) is 24.5. The van der Waals surface area contributed by atoms with Gasteiger partial charge >= 0.3 is 0 Å². The van der Waals surface area contributed by atoms with E-state index in [1.807, 2.05) is 40.7 Å². The zero-order valence-corrected chi connectivity index (χ0v) is 21.8. The summed E-state index contributed by atoms with van der Waals surface area (Å²) < 4.78 is 33.3. The van der Waals surface area contributed by atoms with Gasteiger partial charge < -0.3 is 10.1 Å². The van der Waals surface area contributed by atoms with Crippen molar-refractivity contribution in [2.24, 2.45) is 0 Å². The SMILES string of the molecule is CCN(CC)S(=O)(=O)c1ccc(OC(C)C)c(NC(=O)c2sc3nc(C)cc(C)c3c2C)c1. The Labute approximate surface area is 199 Å². The molecule has 1 amide bonds. The van der Waals surface area contributed by atoms with Crippen molar-refractivity contribution in [2.45, 2.75) is 59.5 Å². The first-order chi connectivity index (χ1) is 15.5. The second-order valence-electron chi connectivity index (χ2n) is 8.18. The first kappa shape index (κ1) is 25.1. The van der Waals surface area contributed by atoms with Crippen LogP contribution in [0.4, 0.5) is 5.69 Å². The molecular weight excluding hydrogens is 458 g/mol. The number of fused-ring (bicyclic) bond motifs is 1. The molecule has 3 rings (SSSR count). The summed E-state index contributed by atoms with van der Waals surface area (Å²) in [5.74, 6) is 0.0966. The Morgan fingerprint density at radius 3 is 2.42 bits per heavy atom. The monoisotopic (exact) mass is 489 g/mol. The predicted octanol–water partition coefficient (Wildman–Crippen LogP) is 5.29. The average molecular weight is 490 g/mol. The number of carbonyl (C=O) groups is 1. The van der Waals surface area contributed by atoms with E-state index < -0.39 is 10.0 Å². The largest absolute Gasteiger partial charge is 0.489 e. The fraction of sp³-hybridized carbons (Fsp3) is 0.417. The molecule has 0 spiro atoms. The van der Waals surface area contributed by atoms with Crippen LogP contribution in [0, 0.1) is 20.8 Å². The standard InChI is InChI=1S/C24H31N3O4S2/c1-8-27(9-2)33(29,30)18-10-11-20(31-14(3)4)19(13-18)26-23(28)22-17(7)21-15(5)12-16(6)25-24(21)32-22/h10-14H,8-9H2,1-7H3,(H,26,28). The second-order valence-corrected chi connectivity index (χ2v) is 11.1. The Morgan fingerprint density at radius 2 is 1.82 bits per heavy atom. The fourth-order valence-electron chi connectivity index (χ4n) is 3.85. The molecule has 0 radical (unpaired) electrons. The number of nitrogens with one attached hydrogen (secondary N) is 1. The maximum atomic E-state index is 13.3. The number of ether oxygens (including phenoxy) is 1. The molecule has 0 fully saturated rings. The second kappa shape index (κ2) is 9.79. The van der Waals surface area contributed by atoms with Crippen molar-refractivity contribution in [1.82, 2.24) is 9.29 Å². The lowest BCUT2D eigenvalue weighted by Gasteiger charge is -2.20. The molecule has 3 aromatic rings. The van der Waals surface area contributed by atoms with Crippen molar-refractivity contribution in [3.8, 4) is 5.75 Å². The third-order valence-electron chi connectivity index (χ3n) is 5.34. The number of rotatable bonds is 8. The summed E-state index contributed by atoms with van der Waals surface area (Å²) in [5, 5.41) is 3.87. The average Bonchev–Trinajstić information content (AvgIpc) is 3.06. The van der Waals surface area contributed by atoms with Crippen LogP contribution in [0.3, 0.4) is 0 Å². The van der Waals surface area contributed by atoms with Gasteiger partial charge in [0, 0.05) is 24.2 Å². The highest BCUT2D eigenvalue weighted by molar-refractivity contribution is 7.89. The van der Waals surface area contributed by atoms with Crippen LogP contribution in [-0.4, -0.2) is 42.8 Å². The lowest BCUT2D eigenvalue weighted by Crippen LogP contribution is -2.30. The molecule has 0 aliphatic rings. The van der Waals surface area contributed by atoms with Gasteiger partial charge in [-0.3, -0.25) is 4.79 Å². The van der Waals surface area contributed by atoms with Gasteiger partial charge in [0.1, 0.15) is 10.6 Å². The first-order valence-corrected chi connectivity index (χ1v) is 13.2. The Bertz CT molecular complexity index is 1290. The minimum absolute atomic E-state index is 0.110. The van der Waals surface area contributed by atoms with Crippen LogP contribution in [0.2, 0.25) is 0 Å². The maximum absolute atomic E-state index is 13.3. The van der Waals surface area contributed by atoms with Crippen molar-refractivity contribution >= 4 is 43.2 Å². The molecule has 7 nitrogen and oxygen atoms in total. The van der Waals surface area contributed by atoms with Crippen LogP contribution in [0.15, 0.2) is 29.2 Å². The van der Waals surface area contributed by atoms with E-state index in [1.165, 1.54) is 27.8 Å². The topological polar surface area (TPSA) is 88.6 Å². The molecule has 0 aliphatic heterocycles. The normalized spacial score (nSPS) is 12.0. The maximum Gasteiger partial charge on any atom is 0.266 e. The Balaban J connectivity index is 2.06.